The zero-order valence-electron chi connectivity index (χ0n) is 12.0. The Hall–Kier alpha value is -1.60. The molecule has 1 aromatic rings. The summed E-state index contributed by atoms with van der Waals surface area (Å²) < 4.78 is 39.7. The number of nitrogens with one attached hydrogen (secondary N) is 2. The van der Waals surface area contributed by atoms with E-state index in [0.29, 0.717) is 13.1 Å². The standard InChI is InChI=1S/C14H18F3N3O/c1-14(2,20-7-5-18-6-8-20)13(21)19-10-4-3-9(15)11(16)12(10)17/h3-4,18H,5-8H2,1-2H3,(H,19,21). The van der Waals surface area contributed by atoms with Crippen LogP contribution in [0.4, 0.5) is 18.9 Å². The molecule has 0 unspecified atom stereocenters. The quantitative estimate of drug-likeness (QED) is 0.836. The second-order valence-corrected chi connectivity index (χ2v) is 5.47. The van der Waals surface area contributed by atoms with Crippen molar-refractivity contribution < 1.29 is 18.0 Å². The van der Waals surface area contributed by atoms with E-state index >= 15 is 0 Å². The Morgan fingerprint density at radius 1 is 1.19 bits per heavy atom. The molecule has 7 heteroatoms. The van der Waals surface area contributed by atoms with Crippen LogP contribution in [-0.2, 0) is 4.79 Å². The first kappa shape index (κ1) is 15.8. The maximum Gasteiger partial charge on any atom is 0.244 e. The normalized spacial score (nSPS) is 16.8. The fourth-order valence-corrected chi connectivity index (χ4v) is 2.27. The second kappa shape index (κ2) is 6.03. The molecule has 0 atom stereocenters. The minimum absolute atomic E-state index is 0.359. The molecule has 0 aromatic heterocycles. The van der Waals surface area contributed by atoms with E-state index in [9.17, 15) is 18.0 Å². The molecule has 1 aromatic carbocycles. The zero-order chi connectivity index (χ0) is 15.6. The summed E-state index contributed by atoms with van der Waals surface area (Å²) in [4.78, 5) is 14.3. The summed E-state index contributed by atoms with van der Waals surface area (Å²) >= 11 is 0. The van der Waals surface area contributed by atoms with Gasteiger partial charge in [0.05, 0.1) is 11.2 Å². The van der Waals surface area contributed by atoms with Crippen molar-refractivity contribution in [3.05, 3.63) is 29.6 Å². The molecule has 21 heavy (non-hydrogen) atoms. The Morgan fingerprint density at radius 2 is 1.81 bits per heavy atom. The molecule has 0 radical (unpaired) electrons. The Kier molecular flexibility index (Phi) is 4.53. The highest BCUT2D eigenvalue weighted by Crippen LogP contribution is 2.23. The van der Waals surface area contributed by atoms with Crippen molar-refractivity contribution in [3.8, 4) is 0 Å². The van der Waals surface area contributed by atoms with E-state index in [1.807, 2.05) is 4.90 Å². The van der Waals surface area contributed by atoms with Gasteiger partial charge in [0, 0.05) is 26.2 Å². The lowest BCUT2D eigenvalue weighted by molar-refractivity contribution is -0.126. The number of carbonyl (C=O) groups excluding carboxylic acids is 1. The smallest absolute Gasteiger partial charge is 0.244 e. The van der Waals surface area contributed by atoms with Gasteiger partial charge in [0.1, 0.15) is 0 Å². The Bertz CT molecular complexity index is 543. The average molecular weight is 301 g/mol. The molecule has 0 saturated carbocycles. The maximum atomic E-state index is 13.6. The predicted octanol–water partition coefficient (Wildman–Crippen LogP) is 1.73. The van der Waals surface area contributed by atoms with Crippen LogP contribution in [0.5, 0.6) is 0 Å². The van der Waals surface area contributed by atoms with Crippen molar-refractivity contribution in [1.29, 1.82) is 0 Å². The monoisotopic (exact) mass is 301 g/mol. The van der Waals surface area contributed by atoms with Gasteiger partial charge >= 0.3 is 0 Å². The van der Waals surface area contributed by atoms with Crippen molar-refractivity contribution in [2.24, 2.45) is 0 Å². The highest BCUT2D eigenvalue weighted by molar-refractivity contribution is 5.97. The van der Waals surface area contributed by atoms with Crippen LogP contribution in [0.1, 0.15) is 13.8 Å². The van der Waals surface area contributed by atoms with Gasteiger partial charge in [-0.3, -0.25) is 9.69 Å². The molecule has 1 aliphatic rings. The summed E-state index contributed by atoms with van der Waals surface area (Å²) in [6, 6.07) is 1.80. The zero-order valence-corrected chi connectivity index (χ0v) is 12.0. The van der Waals surface area contributed by atoms with Gasteiger partial charge in [-0.25, -0.2) is 13.2 Å². The number of nitrogens with zero attached hydrogens (tertiary/aromatic N) is 1. The number of anilines is 1. The Labute approximate surface area is 121 Å². The lowest BCUT2D eigenvalue weighted by Crippen LogP contribution is -2.58. The second-order valence-electron chi connectivity index (χ2n) is 5.47. The topological polar surface area (TPSA) is 44.4 Å². The molecule has 0 aliphatic carbocycles. The highest BCUT2D eigenvalue weighted by atomic mass is 19.2. The summed E-state index contributed by atoms with van der Waals surface area (Å²) in [5.41, 5.74) is -1.23. The number of halogens is 3. The lowest BCUT2D eigenvalue weighted by Gasteiger charge is -2.39. The molecule has 1 heterocycles. The highest BCUT2D eigenvalue weighted by Gasteiger charge is 2.35. The summed E-state index contributed by atoms with van der Waals surface area (Å²) in [5, 5.41) is 5.51. The third kappa shape index (κ3) is 3.19. The van der Waals surface area contributed by atoms with E-state index in [-0.39, 0.29) is 5.69 Å². The number of benzene rings is 1. The van der Waals surface area contributed by atoms with Crippen LogP contribution < -0.4 is 10.6 Å². The summed E-state index contributed by atoms with van der Waals surface area (Å²) in [5.74, 6) is -4.73. The third-order valence-corrected chi connectivity index (χ3v) is 3.75. The Balaban J connectivity index is 2.15. The van der Waals surface area contributed by atoms with E-state index < -0.39 is 28.9 Å². The molecule has 1 fully saturated rings. The van der Waals surface area contributed by atoms with Crippen LogP contribution >= 0.6 is 0 Å². The van der Waals surface area contributed by atoms with Gasteiger partial charge in [-0.05, 0) is 26.0 Å². The number of hydrogen-bond acceptors (Lipinski definition) is 3. The first-order valence-electron chi connectivity index (χ1n) is 6.74. The summed E-state index contributed by atoms with van der Waals surface area (Å²) in [6.07, 6.45) is 0. The van der Waals surface area contributed by atoms with Crippen molar-refractivity contribution in [2.45, 2.75) is 19.4 Å². The fourth-order valence-electron chi connectivity index (χ4n) is 2.27. The molecular formula is C14H18F3N3O. The van der Waals surface area contributed by atoms with Crippen molar-refractivity contribution in [3.63, 3.8) is 0 Å². The van der Waals surface area contributed by atoms with E-state index in [4.69, 9.17) is 0 Å². The van der Waals surface area contributed by atoms with Crippen molar-refractivity contribution in [2.75, 3.05) is 31.5 Å². The predicted molar refractivity (Wildman–Crippen MR) is 73.5 cm³/mol. The summed E-state index contributed by atoms with van der Waals surface area (Å²) in [7, 11) is 0. The number of carbonyl (C=O) groups is 1. The largest absolute Gasteiger partial charge is 0.322 e. The number of amides is 1. The van der Waals surface area contributed by atoms with Crippen molar-refractivity contribution in [1.82, 2.24) is 10.2 Å². The molecule has 2 rings (SSSR count). The van der Waals surface area contributed by atoms with Crippen LogP contribution in [0.15, 0.2) is 12.1 Å². The van der Waals surface area contributed by atoms with E-state index in [2.05, 4.69) is 10.6 Å². The number of piperazine rings is 1. The van der Waals surface area contributed by atoms with E-state index in [1.165, 1.54) is 0 Å². The first-order valence-corrected chi connectivity index (χ1v) is 6.74. The molecule has 1 saturated heterocycles. The Morgan fingerprint density at radius 3 is 2.43 bits per heavy atom. The van der Waals surface area contributed by atoms with Crippen LogP contribution in [-0.4, -0.2) is 42.5 Å². The van der Waals surface area contributed by atoms with Crippen LogP contribution in [0.25, 0.3) is 0 Å². The molecular weight excluding hydrogens is 283 g/mol. The van der Waals surface area contributed by atoms with E-state index in [1.54, 1.807) is 13.8 Å². The van der Waals surface area contributed by atoms with Crippen LogP contribution in [0.2, 0.25) is 0 Å². The van der Waals surface area contributed by atoms with Crippen LogP contribution in [0, 0.1) is 17.5 Å². The number of hydrogen-bond donors (Lipinski definition) is 2. The summed E-state index contributed by atoms with van der Waals surface area (Å²) in [6.45, 7) is 6.31. The SMILES string of the molecule is CC(C)(C(=O)Nc1ccc(F)c(F)c1F)N1CCNCC1. The maximum absolute atomic E-state index is 13.6. The minimum Gasteiger partial charge on any atom is -0.322 e. The van der Waals surface area contributed by atoms with Gasteiger partial charge in [-0.1, -0.05) is 0 Å². The van der Waals surface area contributed by atoms with Gasteiger partial charge in [-0.15, -0.1) is 0 Å². The van der Waals surface area contributed by atoms with E-state index in [0.717, 1.165) is 25.2 Å². The molecule has 1 amide bonds. The fraction of sp³-hybridized carbons (Fsp3) is 0.500. The third-order valence-electron chi connectivity index (χ3n) is 3.75. The van der Waals surface area contributed by atoms with Crippen molar-refractivity contribution >= 4 is 11.6 Å². The molecule has 4 nitrogen and oxygen atoms in total. The van der Waals surface area contributed by atoms with Gasteiger partial charge in [0.15, 0.2) is 17.5 Å². The van der Waals surface area contributed by atoms with Gasteiger partial charge in [-0.2, -0.15) is 0 Å². The molecule has 0 spiro atoms. The number of rotatable bonds is 3. The molecule has 1 aliphatic heterocycles. The van der Waals surface area contributed by atoms with Gasteiger partial charge in [0.2, 0.25) is 5.91 Å². The molecule has 2 N–H and O–H groups in total. The molecule has 116 valence electrons. The average Bonchev–Trinajstić information content (AvgIpc) is 2.48. The first-order chi connectivity index (χ1) is 9.84. The molecule has 0 bridgehead atoms. The minimum atomic E-state index is -1.59. The van der Waals surface area contributed by atoms with Crippen LogP contribution in [0.3, 0.4) is 0 Å². The van der Waals surface area contributed by atoms with Gasteiger partial charge < -0.3 is 10.6 Å². The van der Waals surface area contributed by atoms with Gasteiger partial charge in [0.25, 0.3) is 0 Å². The lowest BCUT2D eigenvalue weighted by atomic mass is 10.00.